The number of hydrogen-bond donors (Lipinski definition) is 1. The molecule has 2 saturated heterocycles. The number of fused-ring (bicyclic) bond motifs is 2. The van der Waals surface area contributed by atoms with E-state index in [-0.39, 0.29) is 11.9 Å². The van der Waals surface area contributed by atoms with Crippen LogP contribution < -0.4 is 10.1 Å². The number of amides is 1. The standard InChI is InChI=1S/C21H26N4O2/c1-14-22-12-19(21(23-14)27-2)20(26)24-16-10-17-8-9-18(11-16)25(17)13-15-6-4-3-5-7-15/h3-7,12,16-18H,8-11,13H2,1-2H3,(H,24,26)/t16?,17-,18+. The van der Waals surface area contributed by atoms with Crippen molar-refractivity contribution >= 4 is 5.91 Å². The molecular weight excluding hydrogens is 340 g/mol. The van der Waals surface area contributed by atoms with Gasteiger partial charge < -0.3 is 10.1 Å². The van der Waals surface area contributed by atoms with Crippen LogP contribution in [0.3, 0.4) is 0 Å². The Hall–Kier alpha value is -2.47. The highest BCUT2D eigenvalue weighted by atomic mass is 16.5. The van der Waals surface area contributed by atoms with Gasteiger partial charge in [-0.3, -0.25) is 9.69 Å². The van der Waals surface area contributed by atoms with Gasteiger partial charge in [0.15, 0.2) is 0 Å². The Morgan fingerprint density at radius 2 is 1.93 bits per heavy atom. The normalized spacial score (nSPS) is 24.6. The highest BCUT2D eigenvalue weighted by Crippen LogP contribution is 2.37. The number of aromatic nitrogens is 2. The van der Waals surface area contributed by atoms with E-state index in [1.165, 1.54) is 25.5 Å². The molecule has 142 valence electrons. The van der Waals surface area contributed by atoms with E-state index in [9.17, 15) is 4.79 Å². The number of nitrogens with one attached hydrogen (secondary N) is 1. The molecule has 1 N–H and O–H groups in total. The zero-order valence-electron chi connectivity index (χ0n) is 15.9. The molecule has 2 aromatic rings. The van der Waals surface area contributed by atoms with Crippen molar-refractivity contribution in [2.24, 2.45) is 0 Å². The molecule has 1 unspecified atom stereocenters. The second-order valence-electron chi connectivity index (χ2n) is 7.52. The largest absolute Gasteiger partial charge is 0.480 e. The SMILES string of the molecule is COc1nc(C)ncc1C(=O)NC1C[C@H]2CC[C@@H](C1)N2Cc1ccccc1. The van der Waals surface area contributed by atoms with Crippen LogP contribution in [0, 0.1) is 6.92 Å². The van der Waals surface area contributed by atoms with Crippen LogP contribution in [-0.4, -0.2) is 46.0 Å². The minimum atomic E-state index is -0.146. The number of nitrogens with zero attached hydrogens (tertiary/aromatic N) is 3. The highest BCUT2D eigenvalue weighted by Gasteiger charge is 2.41. The van der Waals surface area contributed by atoms with Gasteiger partial charge >= 0.3 is 0 Å². The third-order valence-electron chi connectivity index (χ3n) is 5.74. The van der Waals surface area contributed by atoms with E-state index in [4.69, 9.17) is 4.74 Å². The Labute approximate surface area is 160 Å². The number of ether oxygens (including phenoxy) is 1. The van der Waals surface area contributed by atoms with Gasteiger partial charge in [0.25, 0.3) is 5.91 Å². The fraction of sp³-hybridized carbons (Fsp3) is 0.476. The Morgan fingerprint density at radius 1 is 1.22 bits per heavy atom. The molecule has 1 amide bonds. The summed E-state index contributed by atoms with van der Waals surface area (Å²) in [6, 6.07) is 11.9. The molecule has 2 bridgehead atoms. The summed E-state index contributed by atoms with van der Waals surface area (Å²) in [6.45, 7) is 2.78. The van der Waals surface area contributed by atoms with Gasteiger partial charge in [0, 0.05) is 30.9 Å². The van der Waals surface area contributed by atoms with Crippen molar-refractivity contribution in [1.29, 1.82) is 0 Å². The minimum Gasteiger partial charge on any atom is -0.480 e. The minimum absolute atomic E-state index is 0.146. The van der Waals surface area contributed by atoms with Crippen molar-refractivity contribution in [3.8, 4) is 5.88 Å². The van der Waals surface area contributed by atoms with Crippen molar-refractivity contribution in [3.05, 3.63) is 53.5 Å². The Bertz CT molecular complexity index is 797. The van der Waals surface area contributed by atoms with Gasteiger partial charge in [-0.2, -0.15) is 4.98 Å². The lowest BCUT2D eigenvalue weighted by molar-refractivity contribution is 0.0824. The Kier molecular flexibility index (Phi) is 5.07. The second kappa shape index (κ2) is 7.64. The molecule has 0 aliphatic carbocycles. The summed E-state index contributed by atoms with van der Waals surface area (Å²) in [4.78, 5) is 23.7. The topological polar surface area (TPSA) is 67.3 Å². The molecule has 6 nitrogen and oxygen atoms in total. The van der Waals surface area contributed by atoms with Gasteiger partial charge in [-0.15, -0.1) is 0 Å². The Balaban J connectivity index is 1.41. The van der Waals surface area contributed by atoms with Crippen molar-refractivity contribution in [2.75, 3.05) is 7.11 Å². The molecule has 1 aromatic carbocycles. The molecule has 3 atom stereocenters. The van der Waals surface area contributed by atoms with Gasteiger partial charge in [-0.1, -0.05) is 30.3 Å². The van der Waals surface area contributed by atoms with Crippen LogP contribution in [0.4, 0.5) is 0 Å². The lowest BCUT2D eigenvalue weighted by atomic mass is 9.96. The third-order valence-corrected chi connectivity index (χ3v) is 5.74. The summed E-state index contributed by atoms with van der Waals surface area (Å²) in [6.07, 6.45) is 5.95. The molecule has 2 aliphatic heterocycles. The monoisotopic (exact) mass is 366 g/mol. The number of aryl methyl sites for hydroxylation is 1. The van der Waals surface area contributed by atoms with Gasteiger partial charge in [0.05, 0.1) is 7.11 Å². The summed E-state index contributed by atoms with van der Waals surface area (Å²) in [5.41, 5.74) is 1.76. The van der Waals surface area contributed by atoms with Crippen LogP contribution in [0.15, 0.2) is 36.5 Å². The van der Waals surface area contributed by atoms with Crippen LogP contribution in [-0.2, 0) is 6.54 Å². The van der Waals surface area contributed by atoms with Crippen LogP contribution in [0.25, 0.3) is 0 Å². The van der Waals surface area contributed by atoms with E-state index in [1.54, 1.807) is 13.1 Å². The van der Waals surface area contributed by atoms with Gasteiger partial charge in [0.1, 0.15) is 11.4 Å². The van der Waals surface area contributed by atoms with E-state index in [0.29, 0.717) is 29.4 Å². The van der Waals surface area contributed by atoms with Gasteiger partial charge in [-0.25, -0.2) is 4.98 Å². The predicted molar refractivity (Wildman–Crippen MR) is 103 cm³/mol. The predicted octanol–water partition coefficient (Wildman–Crippen LogP) is 2.72. The fourth-order valence-corrected chi connectivity index (χ4v) is 4.47. The van der Waals surface area contributed by atoms with Crippen molar-refractivity contribution in [1.82, 2.24) is 20.2 Å². The van der Waals surface area contributed by atoms with Crippen LogP contribution in [0.2, 0.25) is 0 Å². The van der Waals surface area contributed by atoms with Crippen LogP contribution >= 0.6 is 0 Å². The first-order valence-electron chi connectivity index (χ1n) is 9.62. The third kappa shape index (κ3) is 3.81. The summed E-state index contributed by atoms with van der Waals surface area (Å²) in [7, 11) is 1.53. The van der Waals surface area contributed by atoms with Crippen molar-refractivity contribution < 1.29 is 9.53 Å². The summed E-state index contributed by atoms with van der Waals surface area (Å²) in [5.74, 6) is 0.785. The molecule has 0 radical (unpaired) electrons. The molecule has 0 saturated carbocycles. The number of carbonyl (C=O) groups excluding carboxylic acids is 1. The number of benzene rings is 1. The molecule has 0 spiro atoms. The second-order valence-corrected chi connectivity index (χ2v) is 7.52. The maximum atomic E-state index is 12.7. The smallest absolute Gasteiger partial charge is 0.258 e. The summed E-state index contributed by atoms with van der Waals surface area (Å²) >= 11 is 0. The first-order valence-corrected chi connectivity index (χ1v) is 9.62. The highest BCUT2D eigenvalue weighted by molar-refractivity contribution is 5.96. The van der Waals surface area contributed by atoms with Crippen LogP contribution in [0.5, 0.6) is 5.88 Å². The van der Waals surface area contributed by atoms with Gasteiger partial charge in [0.2, 0.25) is 5.88 Å². The molecular formula is C21H26N4O2. The number of methoxy groups -OCH3 is 1. The zero-order chi connectivity index (χ0) is 18.8. The zero-order valence-corrected chi connectivity index (χ0v) is 15.9. The maximum Gasteiger partial charge on any atom is 0.258 e. The number of rotatable bonds is 5. The first-order chi connectivity index (χ1) is 13.1. The molecule has 1 aromatic heterocycles. The lowest BCUT2D eigenvalue weighted by Gasteiger charge is -2.39. The Morgan fingerprint density at radius 3 is 2.59 bits per heavy atom. The summed E-state index contributed by atoms with van der Waals surface area (Å²) in [5, 5.41) is 3.19. The molecule has 2 aliphatic rings. The van der Waals surface area contributed by atoms with E-state index >= 15 is 0 Å². The fourth-order valence-electron chi connectivity index (χ4n) is 4.47. The van der Waals surface area contributed by atoms with E-state index in [2.05, 4.69) is 50.5 Å². The molecule has 6 heteroatoms. The number of piperidine rings is 1. The van der Waals surface area contributed by atoms with Crippen molar-refractivity contribution in [2.45, 2.75) is 57.3 Å². The van der Waals surface area contributed by atoms with E-state index < -0.39 is 0 Å². The average Bonchev–Trinajstić information content (AvgIpc) is 2.90. The number of hydrogen-bond acceptors (Lipinski definition) is 5. The molecule has 27 heavy (non-hydrogen) atoms. The van der Waals surface area contributed by atoms with Gasteiger partial charge in [-0.05, 0) is 38.2 Å². The molecule has 2 fully saturated rings. The first kappa shape index (κ1) is 17.9. The lowest BCUT2D eigenvalue weighted by Crippen LogP contribution is -2.50. The average molecular weight is 366 g/mol. The molecule has 4 rings (SSSR count). The quantitative estimate of drug-likeness (QED) is 0.881. The van der Waals surface area contributed by atoms with Crippen LogP contribution in [0.1, 0.15) is 47.4 Å². The van der Waals surface area contributed by atoms with E-state index in [0.717, 1.165) is 19.4 Å². The number of carbonyl (C=O) groups is 1. The van der Waals surface area contributed by atoms with E-state index in [1.807, 2.05) is 0 Å². The maximum absolute atomic E-state index is 12.7. The summed E-state index contributed by atoms with van der Waals surface area (Å²) < 4.78 is 5.25. The molecule has 3 heterocycles. The van der Waals surface area contributed by atoms with Crippen molar-refractivity contribution in [3.63, 3.8) is 0 Å².